The normalized spacial score (nSPS) is 28.5. The van der Waals surface area contributed by atoms with E-state index < -0.39 is 5.54 Å². The van der Waals surface area contributed by atoms with E-state index in [1.807, 2.05) is 6.92 Å². The van der Waals surface area contributed by atoms with Crippen LogP contribution in [0.5, 0.6) is 0 Å². The van der Waals surface area contributed by atoms with Gasteiger partial charge in [0.25, 0.3) is 0 Å². The van der Waals surface area contributed by atoms with Gasteiger partial charge in [-0.25, -0.2) is 0 Å². The lowest BCUT2D eigenvalue weighted by molar-refractivity contribution is -0.127. The minimum atomic E-state index is -0.618. The van der Waals surface area contributed by atoms with E-state index in [1.165, 1.54) is 0 Å². The minimum absolute atomic E-state index is 0. The van der Waals surface area contributed by atoms with Crippen LogP contribution in [-0.2, 0) is 9.53 Å². The number of nitrogens with one attached hydrogen (secondary N) is 1. The van der Waals surface area contributed by atoms with Crippen molar-refractivity contribution in [1.82, 2.24) is 5.32 Å². The van der Waals surface area contributed by atoms with Gasteiger partial charge in [0.05, 0.1) is 17.7 Å². The van der Waals surface area contributed by atoms with Gasteiger partial charge in [0.1, 0.15) is 0 Å². The number of carbonyl (C=O) groups is 1. The first kappa shape index (κ1) is 14.7. The van der Waals surface area contributed by atoms with Gasteiger partial charge in [-0.15, -0.1) is 12.4 Å². The number of hydrogen-bond acceptors (Lipinski definition) is 3. The van der Waals surface area contributed by atoms with E-state index in [4.69, 9.17) is 10.5 Å². The molecular formula is C12H23ClN2O2. The zero-order chi connectivity index (χ0) is 11.6. The Bertz CT molecular complexity index is 261. The van der Waals surface area contributed by atoms with E-state index in [-0.39, 0.29) is 30.5 Å². The molecule has 1 aliphatic heterocycles. The maximum atomic E-state index is 12.0. The third-order valence-corrected chi connectivity index (χ3v) is 3.83. The largest absolute Gasteiger partial charge is 0.376 e. The smallest absolute Gasteiger partial charge is 0.240 e. The van der Waals surface area contributed by atoms with Crippen LogP contribution in [0.2, 0.25) is 0 Å². The van der Waals surface area contributed by atoms with Crippen LogP contribution in [0, 0.1) is 0 Å². The quantitative estimate of drug-likeness (QED) is 0.807. The summed E-state index contributed by atoms with van der Waals surface area (Å²) in [5.74, 6) is 0.00741. The van der Waals surface area contributed by atoms with Crippen LogP contribution < -0.4 is 11.1 Å². The molecule has 0 aromatic heterocycles. The maximum Gasteiger partial charge on any atom is 0.240 e. The van der Waals surface area contributed by atoms with Gasteiger partial charge < -0.3 is 15.8 Å². The predicted octanol–water partition coefficient (Wildman–Crippen LogP) is 1.36. The Morgan fingerprint density at radius 3 is 2.59 bits per heavy atom. The molecule has 4 nitrogen and oxygen atoms in total. The molecule has 5 heteroatoms. The van der Waals surface area contributed by atoms with Crippen LogP contribution in [0.3, 0.4) is 0 Å². The van der Waals surface area contributed by atoms with Gasteiger partial charge in [-0.1, -0.05) is 12.8 Å². The molecule has 0 aromatic carbocycles. The third kappa shape index (κ3) is 3.33. The second-order valence-electron chi connectivity index (χ2n) is 5.18. The van der Waals surface area contributed by atoms with Crippen molar-refractivity contribution in [2.75, 3.05) is 6.61 Å². The second kappa shape index (κ2) is 6.03. The zero-order valence-electron chi connectivity index (χ0n) is 10.4. The number of amides is 1. The molecule has 1 amide bonds. The Hall–Kier alpha value is -0.320. The van der Waals surface area contributed by atoms with E-state index in [2.05, 4.69) is 5.32 Å². The molecule has 1 saturated carbocycles. The minimum Gasteiger partial charge on any atom is -0.376 e. The second-order valence-corrected chi connectivity index (χ2v) is 5.18. The highest BCUT2D eigenvalue weighted by Crippen LogP contribution is 2.27. The predicted molar refractivity (Wildman–Crippen MR) is 69.2 cm³/mol. The molecular weight excluding hydrogens is 240 g/mol. The van der Waals surface area contributed by atoms with Gasteiger partial charge in [-0.2, -0.15) is 0 Å². The van der Waals surface area contributed by atoms with Gasteiger partial charge in [0.2, 0.25) is 5.91 Å². The monoisotopic (exact) mass is 262 g/mol. The number of hydrogen-bond donors (Lipinski definition) is 2. The topological polar surface area (TPSA) is 64.4 Å². The van der Waals surface area contributed by atoms with Crippen molar-refractivity contribution in [2.24, 2.45) is 5.73 Å². The number of halogens is 1. The summed E-state index contributed by atoms with van der Waals surface area (Å²) in [6.07, 6.45) is 6.08. The summed E-state index contributed by atoms with van der Waals surface area (Å²) in [4.78, 5) is 12.0. The fourth-order valence-corrected chi connectivity index (χ4v) is 2.67. The Kier molecular flexibility index (Phi) is 5.22. The molecule has 0 bridgehead atoms. The first-order chi connectivity index (χ1) is 7.62. The van der Waals surface area contributed by atoms with Crippen LogP contribution in [0.25, 0.3) is 0 Å². The summed E-state index contributed by atoms with van der Waals surface area (Å²) in [6.45, 7) is 2.82. The van der Waals surface area contributed by atoms with E-state index in [9.17, 15) is 4.79 Å². The molecule has 2 atom stereocenters. The summed E-state index contributed by atoms with van der Waals surface area (Å²) in [7, 11) is 0. The Morgan fingerprint density at radius 2 is 2.06 bits per heavy atom. The molecule has 0 aromatic rings. The number of carbonyl (C=O) groups excluding carboxylic acids is 1. The molecule has 2 aliphatic rings. The van der Waals surface area contributed by atoms with E-state index >= 15 is 0 Å². The molecule has 1 aliphatic carbocycles. The molecule has 17 heavy (non-hydrogen) atoms. The Balaban J connectivity index is 0.00000144. The van der Waals surface area contributed by atoms with Crippen LogP contribution in [0.15, 0.2) is 0 Å². The van der Waals surface area contributed by atoms with Gasteiger partial charge in [-0.3, -0.25) is 4.79 Å². The van der Waals surface area contributed by atoms with Crippen LogP contribution >= 0.6 is 12.4 Å². The summed E-state index contributed by atoms with van der Waals surface area (Å²) in [5.41, 5.74) is 5.48. The van der Waals surface area contributed by atoms with Gasteiger partial charge >= 0.3 is 0 Å². The SMILES string of the molecule is CC(NC(=O)C1(N)CCCC1)C1CCCO1.Cl. The van der Waals surface area contributed by atoms with Crippen molar-refractivity contribution in [1.29, 1.82) is 0 Å². The molecule has 2 unspecified atom stereocenters. The molecule has 1 heterocycles. The lowest BCUT2D eigenvalue weighted by Gasteiger charge is -2.27. The van der Waals surface area contributed by atoms with Crippen molar-refractivity contribution < 1.29 is 9.53 Å². The summed E-state index contributed by atoms with van der Waals surface area (Å²) in [6, 6.07) is 0.0797. The highest BCUT2D eigenvalue weighted by atomic mass is 35.5. The average molecular weight is 263 g/mol. The fourth-order valence-electron chi connectivity index (χ4n) is 2.67. The van der Waals surface area contributed by atoms with Crippen molar-refractivity contribution in [3.8, 4) is 0 Å². The van der Waals surface area contributed by atoms with Crippen molar-refractivity contribution >= 4 is 18.3 Å². The van der Waals surface area contributed by atoms with Crippen molar-refractivity contribution in [2.45, 2.75) is 63.1 Å². The molecule has 1 saturated heterocycles. The molecule has 0 radical (unpaired) electrons. The fraction of sp³-hybridized carbons (Fsp3) is 0.917. The van der Waals surface area contributed by atoms with Crippen molar-refractivity contribution in [3.63, 3.8) is 0 Å². The number of ether oxygens (including phenoxy) is 1. The third-order valence-electron chi connectivity index (χ3n) is 3.83. The van der Waals surface area contributed by atoms with Gasteiger partial charge in [-0.05, 0) is 32.6 Å². The number of nitrogens with two attached hydrogens (primary N) is 1. The van der Waals surface area contributed by atoms with E-state index in [0.29, 0.717) is 0 Å². The Morgan fingerprint density at radius 1 is 1.41 bits per heavy atom. The standard InChI is InChI=1S/C12H22N2O2.ClH/c1-9(10-5-4-8-16-10)14-11(15)12(13)6-2-3-7-12;/h9-10H,2-8,13H2,1H3,(H,14,15);1H. The first-order valence-corrected chi connectivity index (χ1v) is 6.33. The van der Waals surface area contributed by atoms with E-state index in [0.717, 1.165) is 45.1 Å². The lowest BCUT2D eigenvalue weighted by Crippen LogP contribution is -2.55. The van der Waals surface area contributed by atoms with Crippen LogP contribution in [0.4, 0.5) is 0 Å². The summed E-state index contributed by atoms with van der Waals surface area (Å²) < 4.78 is 5.56. The van der Waals surface area contributed by atoms with Crippen molar-refractivity contribution in [3.05, 3.63) is 0 Å². The molecule has 3 N–H and O–H groups in total. The molecule has 2 fully saturated rings. The van der Waals surface area contributed by atoms with E-state index in [1.54, 1.807) is 0 Å². The average Bonchev–Trinajstić information content (AvgIpc) is 2.88. The zero-order valence-corrected chi connectivity index (χ0v) is 11.2. The highest BCUT2D eigenvalue weighted by molar-refractivity contribution is 5.86. The Labute approximate surface area is 109 Å². The molecule has 2 rings (SSSR count). The highest BCUT2D eigenvalue weighted by Gasteiger charge is 2.38. The first-order valence-electron chi connectivity index (χ1n) is 6.33. The van der Waals surface area contributed by atoms with Gasteiger partial charge in [0.15, 0.2) is 0 Å². The number of rotatable bonds is 3. The summed E-state index contributed by atoms with van der Waals surface area (Å²) >= 11 is 0. The van der Waals surface area contributed by atoms with Crippen LogP contribution in [0.1, 0.15) is 45.4 Å². The maximum absolute atomic E-state index is 12.0. The van der Waals surface area contributed by atoms with Gasteiger partial charge in [0, 0.05) is 6.61 Å². The lowest BCUT2D eigenvalue weighted by atomic mass is 9.97. The molecule has 100 valence electrons. The summed E-state index contributed by atoms with van der Waals surface area (Å²) in [5, 5.41) is 3.02. The molecule has 0 spiro atoms. The van der Waals surface area contributed by atoms with Crippen LogP contribution in [-0.4, -0.2) is 30.2 Å².